The second-order valence-electron chi connectivity index (χ2n) is 4.32. The number of benzene rings is 1. The number of fused-ring (bicyclic) bond motifs is 1. The average molecular weight is 298 g/mol. The number of hydrogen-bond acceptors (Lipinski definition) is 2. The summed E-state index contributed by atoms with van der Waals surface area (Å²) in [5.74, 6) is -0.873. The van der Waals surface area contributed by atoms with Crippen molar-refractivity contribution in [2.24, 2.45) is 0 Å². The Morgan fingerprint density at radius 3 is 2.70 bits per heavy atom. The maximum absolute atomic E-state index is 13.3. The third kappa shape index (κ3) is 2.22. The Labute approximate surface area is 119 Å². The summed E-state index contributed by atoms with van der Waals surface area (Å²) >= 11 is 5.85. The lowest BCUT2D eigenvalue weighted by molar-refractivity contribution is -0.120. The van der Waals surface area contributed by atoms with Gasteiger partial charge in [0.25, 0.3) is 5.91 Å². The van der Waals surface area contributed by atoms with Crippen LogP contribution in [0, 0.1) is 5.82 Å². The number of urea groups is 1. The second kappa shape index (κ2) is 5.13. The van der Waals surface area contributed by atoms with Crippen LogP contribution in [0.4, 0.5) is 9.18 Å². The van der Waals surface area contributed by atoms with Gasteiger partial charge in [-0.05, 0) is 17.7 Å². The minimum atomic E-state index is -0.615. The first-order valence-corrected chi connectivity index (χ1v) is 5.99. The molecule has 5 nitrogen and oxygen atoms in total. The molecule has 0 unspecified atom stereocenters. The van der Waals surface area contributed by atoms with E-state index < -0.39 is 17.9 Å². The predicted octanol–water partition coefficient (Wildman–Crippen LogP) is 2.35. The SMILES string of the molecule is C.O=C1NC(=O)[C@@H](Cc2c[nH]c3c(Cl)c(F)ccc23)N1. The molecule has 1 saturated heterocycles. The molecule has 1 aliphatic rings. The molecule has 0 bridgehead atoms. The molecule has 106 valence electrons. The molecule has 1 atom stereocenters. The Balaban J connectivity index is 0.00000147. The lowest BCUT2D eigenvalue weighted by atomic mass is 10.1. The highest BCUT2D eigenvalue weighted by Crippen LogP contribution is 2.28. The first-order valence-electron chi connectivity index (χ1n) is 5.61. The number of hydrogen-bond donors (Lipinski definition) is 3. The van der Waals surface area contributed by atoms with Crippen LogP contribution in [-0.4, -0.2) is 23.0 Å². The standard InChI is InChI=1S/C12H9ClFN3O2.CH4/c13-9-7(14)2-1-6-5(4-15-10(6)9)3-8-11(18)17-12(19)16-8;/h1-2,4,8,15H,3H2,(H2,16,17,18,19);1H4/t8-;/m1./s1. The normalized spacial score (nSPS) is 17.8. The van der Waals surface area contributed by atoms with Crippen LogP contribution in [-0.2, 0) is 11.2 Å². The van der Waals surface area contributed by atoms with Gasteiger partial charge in [-0.1, -0.05) is 19.0 Å². The Bertz CT molecular complexity index is 698. The highest BCUT2D eigenvalue weighted by molar-refractivity contribution is 6.35. The highest BCUT2D eigenvalue weighted by atomic mass is 35.5. The quantitative estimate of drug-likeness (QED) is 0.744. The monoisotopic (exact) mass is 297 g/mol. The van der Waals surface area contributed by atoms with Gasteiger partial charge in [0.2, 0.25) is 0 Å². The fourth-order valence-corrected chi connectivity index (χ4v) is 2.41. The third-order valence-corrected chi connectivity index (χ3v) is 3.48. The summed E-state index contributed by atoms with van der Waals surface area (Å²) in [5.41, 5.74) is 1.28. The van der Waals surface area contributed by atoms with Crippen LogP contribution < -0.4 is 10.6 Å². The summed E-state index contributed by atoms with van der Waals surface area (Å²) < 4.78 is 13.3. The number of amides is 3. The topological polar surface area (TPSA) is 74.0 Å². The molecular weight excluding hydrogens is 285 g/mol. The molecule has 1 aromatic carbocycles. The maximum Gasteiger partial charge on any atom is 0.322 e. The molecule has 20 heavy (non-hydrogen) atoms. The molecule has 2 heterocycles. The van der Waals surface area contributed by atoms with Crippen LogP contribution in [0.2, 0.25) is 5.02 Å². The van der Waals surface area contributed by atoms with Gasteiger partial charge in [-0.15, -0.1) is 0 Å². The number of nitrogens with one attached hydrogen (secondary N) is 3. The van der Waals surface area contributed by atoms with Crippen molar-refractivity contribution in [1.29, 1.82) is 0 Å². The van der Waals surface area contributed by atoms with Crippen LogP contribution in [0.15, 0.2) is 18.3 Å². The zero-order chi connectivity index (χ0) is 13.6. The van der Waals surface area contributed by atoms with Gasteiger partial charge in [0.05, 0.1) is 5.52 Å². The lowest BCUT2D eigenvalue weighted by Crippen LogP contribution is -2.30. The van der Waals surface area contributed by atoms with Gasteiger partial charge in [0.15, 0.2) is 0 Å². The summed E-state index contributed by atoms with van der Waals surface area (Å²) in [6.45, 7) is 0. The maximum atomic E-state index is 13.3. The number of carbonyl (C=O) groups excluding carboxylic acids is 2. The second-order valence-corrected chi connectivity index (χ2v) is 4.70. The van der Waals surface area contributed by atoms with Crippen LogP contribution in [0.5, 0.6) is 0 Å². The van der Waals surface area contributed by atoms with Crippen molar-refractivity contribution in [2.45, 2.75) is 19.9 Å². The largest absolute Gasteiger partial charge is 0.360 e. The zero-order valence-corrected chi connectivity index (χ0v) is 10.3. The van der Waals surface area contributed by atoms with E-state index in [1.807, 2.05) is 0 Å². The molecule has 3 N–H and O–H groups in total. The summed E-state index contributed by atoms with van der Waals surface area (Å²) in [4.78, 5) is 25.4. The first-order chi connectivity index (χ1) is 9.06. The van der Waals surface area contributed by atoms with E-state index in [4.69, 9.17) is 11.6 Å². The van der Waals surface area contributed by atoms with Crippen LogP contribution in [0.1, 0.15) is 13.0 Å². The van der Waals surface area contributed by atoms with Crippen molar-refractivity contribution in [3.63, 3.8) is 0 Å². The Kier molecular flexibility index (Phi) is 3.67. The summed E-state index contributed by atoms with van der Waals surface area (Å²) in [6, 6.07) is 1.75. The Morgan fingerprint density at radius 1 is 1.30 bits per heavy atom. The molecule has 1 fully saturated rings. The van der Waals surface area contributed by atoms with E-state index in [2.05, 4.69) is 15.6 Å². The minimum absolute atomic E-state index is 0. The number of halogens is 2. The van der Waals surface area contributed by atoms with E-state index in [-0.39, 0.29) is 18.4 Å². The molecule has 1 aromatic heterocycles. The van der Waals surface area contributed by atoms with E-state index in [0.717, 1.165) is 10.9 Å². The fraction of sp³-hybridized carbons (Fsp3) is 0.231. The van der Waals surface area contributed by atoms with Gasteiger partial charge in [-0.3, -0.25) is 10.1 Å². The van der Waals surface area contributed by atoms with E-state index in [1.54, 1.807) is 12.3 Å². The third-order valence-electron chi connectivity index (χ3n) is 3.11. The van der Waals surface area contributed by atoms with E-state index >= 15 is 0 Å². The average Bonchev–Trinajstić information content (AvgIpc) is 2.90. The van der Waals surface area contributed by atoms with Gasteiger partial charge >= 0.3 is 6.03 Å². The first kappa shape index (κ1) is 14.3. The molecule has 1 aliphatic heterocycles. The minimum Gasteiger partial charge on any atom is -0.360 e. The Morgan fingerprint density at radius 2 is 2.05 bits per heavy atom. The summed E-state index contributed by atoms with van der Waals surface area (Å²) in [7, 11) is 0. The van der Waals surface area contributed by atoms with Crippen molar-refractivity contribution in [3.8, 4) is 0 Å². The molecule has 0 radical (unpaired) electrons. The number of H-pyrrole nitrogens is 1. The summed E-state index contributed by atoms with van der Waals surface area (Å²) in [5, 5.41) is 5.43. The van der Waals surface area contributed by atoms with Crippen LogP contribution >= 0.6 is 11.6 Å². The van der Waals surface area contributed by atoms with Gasteiger partial charge in [0.1, 0.15) is 16.9 Å². The van der Waals surface area contributed by atoms with Crippen molar-refractivity contribution in [2.75, 3.05) is 0 Å². The van der Waals surface area contributed by atoms with E-state index in [1.165, 1.54) is 6.07 Å². The van der Waals surface area contributed by atoms with Crippen molar-refractivity contribution in [3.05, 3.63) is 34.7 Å². The lowest BCUT2D eigenvalue weighted by Gasteiger charge is -2.06. The molecule has 0 saturated carbocycles. The van der Waals surface area contributed by atoms with Gasteiger partial charge in [-0.2, -0.15) is 0 Å². The summed E-state index contributed by atoms with van der Waals surface area (Å²) in [6.07, 6.45) is 1.98. The molecule has 3 rings (SSSR count). The number of aromatic amines is 1. The smallest absolute Gasteiger partial charge is 0.322 e. The van der Waals surface area contributed by atoms with Crippen LogP contribution in [0.3, 0.4) is 0 Å². The molecule has 0 spiro atoms. The van der Waals surface area contributed by atoms with E-state index in [9.17, 15) is 14.0 Å². The zero-order valence-electron chi connectivity index (χ0n) is 9.59. The number of rotatable bonds is 2. The number of imide groups is 1. The predicted molar refractivity (Wildman–Crippen MR) is 74.2 cm³/mol. The molecule has 3 amide bonds. The number of carbonyl (C=O) groups is 2. The fourth-order valence-electron chi connectivity index (χ4n) is 2.19. The number of aromatic nitrogens is 1. The van der Waals surface area contributed by atoms with Gasteiger partial charge in [0, 0.05) is 18.0 Å². The van der Waals surface area contributed by atoms with Crippen LogP contribution in [0.25, 0.3) is 10.9 Å². The van der Waals surface area contributed by atoms with E-state index in [0.29, 0.717) is 11.9 Å². The molecule has 2 aromatic rings. The molecule has 0 aliphatic carbocycles. The van der Waals surface area contributed by atoms with Crippen molar-refractivity contribution in [1.82, 2.24) is 15.6 Å². The van der Waals surface area contributed by atoms with Crippen molar-refractivity contribution >= 4 is 34.4 Å². The molecule has 7 heteroatoms. The molecular formula is C13H13ClFN3O2. The Hall–Kier alpha value is -2.08. The van der Waals surface area contributed by atoms with Gasteiger partial charge < -0.3 is 10.3 Å². The van der Waals surface area contributed by atoms with Crippen molar-refractivity contribution < 1.29 is 14.0 Å². The van der Waals surface area contributed by atoms with Gasteiger partial charge in [-0.25, -0.2) is 9.18 Å². The highest BCUT2D eigenvalue weighted by Gasteiger charge is 2.30.